The molecule has 0 saturated carbocycles. The maximum atomic E-state index is 13.7. The van der Waals surface area contributed by atoms with Gasteiger partial charge in [0, 0.05) is 17.0 Å². The summed E-state index contributed by atoms with van der Waals surface area (Å²) in [4.78, 5) is 18.5. The van der Waals surface area contributed by atoms with Crippen LogP contribution in [0, 0.1) is 20.8 Å². The Kier molecular flexibility index (Phi) is 5.10. The van der Waals surface area contributed by atoms with Crippen molar-refractivity contribution in [2.75, 3.05) is 0 Å². The zero-order chi connectivity index (χ0) is 22.4. The van der Waals surface area contributed by atoms with E-state index in [1.807, 2.05) is 24.3 Å². The highest BCUT2D eigenvalue weighted by atomic mass is 35.5. The number of halogens is 1. The van der Waals surface area contributed by atoms with E-state index in [0.29, 0.717) is 23.6 Å². The van der Waals surface area contributed by atoms with Gasteiger partial charge in [-0.2, -0.15) is 0 Å². The number of rotatable bonds is 4. The van der Waals surface area contributed by atoms with E-state index < -0.39 is 0 Å². The molecular weight excluding hydrogens is 418 g/mol. The summed E-state index contributed by atoms with van der Waals surface area (Å²) in [6.45, 7) is 7.26. The lowest BCUT2D eigenvalue weighted by molar-refractivity contribution is 0.737. The van der Waals surface area contributed by atoms with Crippen LogP contribution in [0.4, 0.5) is 0 Å². The minimum atomic E-state index is -0.0610. The van der Waals surface area contributed by atoms with Gasteiger partial charge < -0.3 is 4.57 Å². The number of aryl methyl sites for hydroxylation is 3. The zero-order valence-corrected chi connectivity index (χ0v) is 19.1. The van der Waals surface area contributed by atoms with Crippen LogP contribution in [0.15, 0.2) is 71.8 Å². The lowest BCUT2D eigenvalue weighted by atomic mass is 10.1. The maximum absolute atomic E-state index is 13.7. The average molecular weight is 442 g/mol. The SMILES string of the molecule is Cc1ccc(C)c(Cn2c3ccc(C)cc3c3ncn(Cc4ccccc4Cl)c(=O)c32)c1. The highest BCUT2D eigenvalue weighted by Crippen LogP contribution is 2.28. The monoisotopic (exact) mass is 441 g/mol. The standard InChI is InChI=1S/C27H24ClN3O/c1-17-8-10-19(3)21(12-17)15-31-24-11-9-18(2)13-22(24)25-26(31)27(32)30(16-29-25)14-20-6-4-5-7-23(20)28/h4-13,16H,14-15H2,1-3H3. The molecule has 160 valence electrons. The van der Waals surface area contributed by atoms with Crippen molar-refractivity contribution >= 4 is 33.5 Å². The Balaban J connectivity index is 1.75. The number of hydrogen-bond donors (Lipinski definition) is 0. The predicted octanol–water partition coefficient (Wildman–Crippen LogP) is 6.03. The van der Waals surface area contributed by atoms with Crippen LogP contribution in [0.5, 0.6) is 0 Å². The molecule has 0 aliphatic rings. The molecule has 0 aliphatic heterocycles. The molecule has 0 radical (unpaired) electrons. The molecular formula is C27H24ClN3O. The second kappa shape index (κ2) is 7.95. The molecule has 0 bridgehead atoms. The van der Waals surface area contributed by atoms with Crippen LogP contribution in [0.3, 0.4) is 0 Å². The van der Waals surface area contributed by atoms with Crippen LogP contribution in [-0.2, 0) is 13.1 Å². The van der Waals surface area contributed by atoms with Gasteiger partial charge in [0.2, 0.25) is 0 Å². The fourth-order valence-corrected chi connectivity index (χ4v) is 4.54. The molecule has 4 nitrogen and oxygen atoms in total. The number of nitrogens with zero attached hydrogens (tertiary/aromatic N) is 3. The minimum absolute atomic E-state index is 0.0610. The topological polar surface area (TPSA) is 39.8 Å². The Morgan fingerprint density at radius 3 is 2.44 bits per heavy atom. The van der Waals surface area contributed by atoms with Gasteiger partial charge in [-0.15, -0.1) is 0 Å². The summed E-state index contributed by atoms with van der Waals surface area (Å²) in [6, 6.07) is 20.3. The van der Waals surface area contributed by atoms with Gasteiger partial charge in [0.1, 0.15) is 11.0 Å². The number of aromatic nitrogens is 3. The molecule has 5 rings (SSSR count). The van der Waals surface area contributed by atoms with Gasteiger partial charge in [0.25, 0.3) is 5.56 Å². The predicted molar refractivity (Wildman–Crippen MR) is 132 cm³/mol. The fraction of sp³-hybridized carbons (Fsp3) is 0.185. The molecule has 0 spiro atoms. The number of benzene rings is 3. The molecule has 5 heteroatoms. The van der Waals surface area contributed by atoms with E-state index in [1.54, 1.807) is 10.9 Å². The minimum Gasteiger partial charge on any atom is -0.330 e. The molecule has 0 N–H and O–H groups in total. The highest BCUT2D eigenvalue weighted by molar-refractivity contribution is 6.31. The molecule has 2 aromatic heterocycles. The first kappa shape index (κ1) is 20.5. The van der Waals surface area contributed by atoms with Crippen molar-refractivity contribution in [1.82, 2.24) is 14.1 Å². The molecule has 0 amide bonds. The molecule has 0 aliphatic carbocycles. The Morgan fingerprint density at radius 1 is 0.875 bits per heavy atom. The first-order valence-corrected chi connectivity index (χ1v) is 11.1. The normalized spacial score (nSPS) is 11.5. The third-order valence-electron chi connectivity index (χ3n) is 6.11. The summed E-state index contributed by atoms with van der Waals surface area (Å²) in [5, 5.41) is 1.65. The van der Waals surface area contributed by atoms with Crippen LogP contribution in [0.1, 0.15) is 27.8 Å². The quantitative estimate of drug-likeness (QED) is 0.341. The van der Waals surface area contributed by atoms with Crippen molar-refractivity contribution in [3.63, 3.8) is 0 Å². The van der Waals surface area contributed by atoms with Crippen molar-refractivity contribution in [1.29, 1.82) is 0 Å². The van der Waals surface area contributed by atoms with Crippen molar-refractivity contribution < 1.29 is 0 Å². The molecule has 0 saturated heterocycles. The highest BCUT2D eigenvalue weighted by Gasteiger charge is 2.18. The summed E-state index contributed by atoms with van der Waals surface area (Å²) >= 11 is 6.36. The lowest BCUT2D eigenvalue weighted by Crippen LogP contribution is -2.23. The summed E-state index contributed by atoms with van der Waals surface area (Å²) in [7, 11) is 0. The molecule has 32 heavy (non-hydrogen) atoms. The van der Waals surface area contributed by atoms with E-state index >= 15 is 0 Å². The molecule has 0 fully saturated rings. The van der Waals surface area contributed by atoms with Crippen LogP contribution in [0.2, 0.25) is 5.02 Å². The second-order valence-corrected chi connectivity index (χ2v) is 8.91. The summed E-state index contributed by atoms with van der Waals surface area (Å²) in [6.07, 6.45) is 1.64. The zero-order valence-electron chi connectivity index (χ0n) is 18.4. The van der Waals surface area contributed by atoms with Gasteiger partial charge in [-0.05, 0) is 55.7 Å². The molecule has 5 aromatic rings. The van der Waals surface area contributed by atoms with E-state index in [2.05, 4.69) is 61.7 Å². The van der Waals surface area contributed by atoms with E-state index in [4.69, 9.17) is 16.6 Å². The largest absolute Gasteiger partial charge is 0.330 e. The van der Waals surface area contributed by atoms with E-state index in [0.717, 1.165) is 27.5 Å². The van der Waals surface area contributed by atoms with Crippen molar-refractivity contribution in [3.05, 3.63) is 110 Å². The fourth-order valence-electron chi connectivity index (χ4n) is 4.34. The van der Waals surface area contributed by atoms with Gasteiger partial charge in [0.15, 0.2) is 0 Å². The van der Waals surface area contributed by atoms with Gasteiger partial charge in [0.05, 0.1) is 18.4 Å². The molecule has 0 unspecified atom stereocenters. The third-order valence-corrected chi connectivity index (χ3v) is 6.48. The summed E-state index contributed by atoms with van der Waals surface area (Å²) in [5.74, 6) is 0. The summed E-state index contributed by atoms with van der Waals surface area (Å²) in [5.41, 5.74) is 7.98. The molecule has 0 atom stereocenters. The van der Waals surface area contributed by atoms with Crippen LogP contribution in [0.25, 0.3) is 21.9 Å². The van der Waals surface area contributed by atoms with Crippen LogP contribution < -0.4 is 5.56 Å². The first-order valence-electron chi connectivity index (χ1n) is 10.7. The van der Waals surface area contributed by atoms with Gasteiger partial charge in [-0.25, -0.2) is 4.98 Å². The second-order valence-electron chi connectivity index (χ2n) is 8.50. The van der Waals surface area contributed by atoms with Crippen molar-refractivity contribution in [2.45, 2.75) is 33.9 Å². The Labute approximate surface area is 191 Å². The van der Waals surface area contributed by atoms with Crippen LogP contribution >= 0.6 is 11.6 Å². The lowest BCUT2D eigenvalue weighted by Gasteiger charge is -2.12. The number of hydrogen-bond acceptors (Lipinski definition) is 2. The Bertz CT molecular complexity index is 1540. The average Bonchev–Trinajstić information content (AvgIpc) is 3.07. The molecule has 2 heterocycles. The Morgan fingerprint density at radius 2 is 1.62 bits per heavy atom. The maximum Gasteiger partial charge on any atom is 0.278 e. The Hall–Kier alpha value is -3.37. The van der Waals surface area contributed by atoms with Crippen LogP contribution in [-0.4, -0.2) is 14.1 Å². The van der Waals surface area contributed by atoms with Gasteiger partial charge in [-0.1, -0.05) is 65.2 Å². The first-order chi connectivity index (χ1) is 15.4. The van der Waals surface area contributed by atoms with E-state index in [1.165, 1.54) is 16.7 Å². The van der Waals surface area contributed by atoms with E-state index in [9.17, 15) is 4.79 Å². The smallest absolute Gasteiger partial charge is 0.278 e. The third kappa shape index (κ3) is 3.51. The van der Waals surface area contributed by atoms with Gasteiger partial charge in [-0.3, -0.25) is 9.36 Å². The van der Waals surface area contributed by atoms with Crippen molar-refractivity contribution in [2.24, 2.45) is 0 Å². The number of fused-ring (bicyclic) bond motifs is 3. The van der Waals surface area contributed by atoms with Gasteiger partial charge >= 0.3 is 0 Å². The van der Waals surface area contributed by atoms with Crippen molar-refractivity contribution in [3.8, 4) is 0 Å². The summed E-state index contributed by atoms with van der Waals surface area (Å²) < 4.78 is 3.76. The van der Waals surface area contributed by atoms with E-state index in [-0.39, 0.29) is 5.56 Å². The molecule has 3 aromatic carbocycles.